The first-order chi connectivity index (χ1) is 6.11. The molecule has 0 radical (unpaired) electrons. The molecule has 5 nitrogen and oxygen atoms in total. The minimum absolute atomic E-state index is 0.0447. The predicted octanol–water partition coefficient (Wildman–Crippen LogP) is -0.888. The molecule has 0 bridgehead atoms. The fraction of sp³-hybridized carbons (Fsp3) is 0.429. The van der Waals surface area contributed by atoms with Crippen molar-refractivity contribution in [1.29, 1.82) is 0 Å². The molecule has 13 heavy (non-hydrogen) atoms. The lowest BCUT2D eigenvalue weighted by Gasteiger charge is -2.06. The summed E-state index contributed by atoms with van der Waals surface area (Å²) in [5, 5.41) is 1.69. The number of nitrogens with zero attached hydrogens (tertiary/aromatic N) is 1. The van der Waals surface area contributed by atoms with Gasteiger partial charge in [-0.05, 0) is 6.42 Å². The third kappa shape index (κ3) is 2.67. The smallest absolute Gasteiger partial charge is 0.307 e. The number of carbonyl (C=O) groups excluding carboxylic acids is 1. The second kappa shape index (κ2) is 4.20. The highest BCUT2D eigenvalue weighted by molar-refractivity contribution is 7.07. The molecule has 4 N–H and O–H groups in total. The number of aromatic nitrogens is 1. The molecule has 0 saturated heterocycles. The fourth-order valence-corrected chi connectivity index (χ4v) is 1.49. The summed E-state index contributed by atoms with van der Waals surface area (Å²) in [4.78, 5) is 21.5. The molecule has 0 saturated carbocycles. The number of aryl methyl sites for hydroxylation is 1. The zero-order chi connectivity index (χ0) is 9.84. The molecule has 1 atom stereocenters. The number of amides is 1. The van der Waals surface area contributed by atoms with E-state index in [1.54, 1.807) is 11.6 Å². The summed E-state index contributed by atoms with van der Waals surface area (Å²) >= 11 is 1.11. The third-order valence-electron chi connectivity index (χ3n) is 1.69. The van der Waals surface area contributed by atoms with Crippen molar-refractivity contribution in [3.8, 4) is 0 Å². The molecular formula is C7H11N3O2S. The first kappa shape index (κ1) is 9.94. The van der Waals surface area contributed by atoms with E-state index in [0.717, 1.165) is 11.3 Å². The molecule has 0 spiro atoms. The SMILES string of the molecule is NC(=O)C(N)CCn1ccsc1=O. The molecule has 1 aromatic rings. The minimum Gasteiger partial charge on any atom is -0.368 e. The van der Waals surface area contributed by atoms with Gasteiger partial charge in [-0.25, -0.2) is 0 Å². The zero-order valence-corrected chi connectivity index (χ0v) is 7.79. The van der Waals surface area contributed by atoms with Crippen molar-refractivity contribution in [3.63, 3.8) is 0 Å². The van der Waals surface area contributed by atoms with Gasteiger partial charge in [0.1, 0.15) is 0 Å². The summed E-state index contributed by atoms with van der Waals surface area (Å²) in [7, 11) is 0. The maximum absolute atomic E-state index is 11.0. The molecule has 0 aliphatic rings. The van der Waals surface area contributed by atoms with Crippen molar-refractivity contribution >= 4 is 17.2 Å². The normalized spacial score (nSPS) is 12.7. The highest BCUT2D eigenvalue weighted by Crippen LogP contribution is 1.94. The second-order valence-electron chi connectivity index (χ2n) is 2.66. The van der Waals surface area contributed by atoms with E-state index in [1.807, 2.05) is 0 Å². The van der Waals surface area contributed by atoms with Crippen LogP contribution in [-0.4, -0.2) is 16.5 Å². The number of rotatable bonds is 4. The number of thiazole rings is 1. The molecule has 0 aliphatic carbocycles. The Labute approximate surface area is 79.0 Å². The van der Waals surface area contributed by atoms with Gasteiger partial charge in [0.25, 0.3) is 0 Å². The minimum atomic E-state index is -0.674. The Morgan fingerprint density at radius 1 is 1.69 bits per heavy atom. The number of hydrogen-bond acceptors (Lipinski definition) is 4. The van der Waals surface area contributed by atoms with Gasteiger partial charge in [0.05, 0.1) is 6.04 Å². The van der Waals surface area contributed by atoms with E-state index < -0.39 is 11.9 Å². The molecule has 0 aromatic carbocycles. The van der Waals surface area contributed by atoms with Crippen LogP contribution in [0.4, 0.5) is 0 Å². The van der Waals surface area contributed by atoms with Gasteiger partial charge in [-0.1, -0.05) is 11.3 Å². The summed E-state index contributed by atoms with van der Waals surface area (Å²) in [6, 6.07) is -0.674. The van der Waals surface area contributed by atoms with E-state index in [1.165, 1.54) is 4.57 Å². The average Bonchev–Trinajstić information content (AvgIpc) is 2.47. The molecule has 0 aliphatic heterocycles. The summed E-state index contributed by atoms with van der Waals surface area (Å²) in [5.41, 5.74) is 10.4. The Morgan fingerprint density at radius 3 is 2.85 bits per heavy atom. The molecule has 1 rings (SSSR count). The summed E-state index contributed by atoms with van der Waals surface area (Å²) in [5.74, 6) is -0.539. The molecule has 1 unspecified atom stereocenters. The van der Waals surface area contributed by atoms with Crippen molar-refractivity contribution < 1.29 is 4.79 Å². The van der Waals surface area contributed by atoms with Gasteiger partial charge in [0.2, 0.25) is 5.91 Å². The average molecular weight is 201 g/mol. The van der Waals surface area contributed by atoms with Crippen molar-refractivity contribution in [2.75, 3.05) is 0 Å². The van der Waals surface area contributed by atoms with Gasteiger partial charge in [-0.15, -0.1) is 0 Å². The van der Waals surface area contributed by atoms with Crippen molar-refractivity contribution in [3.05, 3.63) is 21.2 Å². The number of carbonyl (C=O) groups is 1. The van der Waals surface area contributed by atoms with E-state index in [4.69, 9.17) is 11.5 Å². The predicted molar refractivity (Wildman–Crippen MR) is 50.4 cm³/mol. The van der Waals surface area contributed by atoms with E-state index in [9.17, 15) is 9.59 Å². The molecule has 1 heterocycles. The Bertz CT molecular complexity index is 344. The van der Waals surface area contributed by atoms with Crippen LogP contribution >= 0.6 is 11.3 Å². The Balaban J connectivity index is 2.48. The van der Waals surface area contributed by atoms with Crippen LogP contribution in [0.25, 0.3) is 0 Å². The summed E-state index contributed by atoms with van der Waals surface area (Å²) < 4.78 is 1.51. The molecule has 6 heteroatoms. The first-order valence-electron chi connectivity index (χ1n) is 3.80. The van der Waals surface area contributed by atoms with Crippen LogP contribution in [0.5, 0.6) is 0 Å². The molecule has 1 aromatic heterocycles. The van der Waals surface area contributed by atoms with Crippen molar-refractivity contribution in [1.82, 2.24) is 4.57 Å². The monoisotopic (exact) mass is 201 g/mol. The highest BCUT2D eigenvalue weighted by Gasteiger charge is 2.09. The first-order valence-corrected chi connectivity index (χ1v) is 4.68. The van der Waals surface area contributed by atoms with E-state index in [-0.39, 0.29) is 4.87 Å². The molecule has 0 fully saturated rings. The summed E-state index contributed by atoms with van der Waals surface area (Å²) in [6.07, 6.45) is 2.06. The Kier molecular flexibility index (Phi) is 3.21. The lowest BCUT2D eigenvalue weighted by atomic mass is 10.2. The van der Waals surface area contributed by atoms with Crippen LogP contribution < -0.4 is 16.3 Å². The lowest BCUT2D eigenvalue weighted by Crippen LogP contribution is -2.37. The van der Waals surface area contributed by atoms with Gasteiger partial charge in [-0.2, -0.15) is 0 Å². The van der Waals surface area contributed by atoms with Crippen molar-refractivity contribution in [2.45, 2.75) is 19.0 Å². The van der Waals surface area contributed by atoms with Gasteiger partial charge >= 0.3 is 4.87 Å². The highest BCUT2D eigenvalue weighted by atomic mass is 32.1. The van der Waals surface area contributed by atoms with Crippen LogP contribution in [0.3, 0.4) is 0 Å². The van der Waals surface area contributed by atoms with Gasteiger partial charge in [0, 0.05) is 18.1 Å². The molecule has 1 amide bonds. The van der Waals surface area contributed by atoms with Gasteiger partial charge in [-0.3, -0.25) is 9.59 Å². The van der Waals surface area contributed by atoms with Crippen LogP contribution in [-0.2, 0) is 11.3 Å². The third-order valence-corrected chi connectivity index (χ3v) is 2.38. The number of primary amides is 1. The van der Waals surface area contributed by atoms with Crippen LogP contribution in [0.1, 0.15) is 6.42 Å². The van der Waals surface area contributed by atoms with Gasteiger partial charge < -0.3 is 16.0 Å². The van der Waals surface area contributed by atoms with E-state index in [0.29, 0.717) is 13.0 Å². The summed E-state index contributed by atoms with van der Waals surface area (Å²) in [6.45, 7) is 0.437. The largest absolute Gasteiger partial charge is 0.368 e. The quantitative estimate of drug-likeness (QED) is 0.662. The maximum Gasteiger partial charge on any atom is 0.307 e. The fourth-order valence-electron chi connectivity index (χ4n) is 0.877. The maximum atomic E-state index is 11.0. The van der Waals surface area contributed by atoms with Crippen LogP contribution in [0.15, 0.2) is 16.4 Å². The Hall–Kier alpha value is -1.14. The van der Waals surface area contributed by atoms with E-state index >= 15 is 0 Å². The zero-order valence-electron chi connectivity index (χ0n) is 6.97. The number of nitrogens with two attached hydrogens (primary N) is 2. The Morgan fingerprint density at radius 2 is 2.38 bits per heavy atom. The lowest BCUT2D eigenvalue weighted by molar-refractivity contribution is -0.119. The van der Waals surface area contributed by atoms with Crippen LogP contribution in [0.2, 0.25) is 0 Å². The van der Waals surface area contributed by atoms with Crippen molar-refractivity contribution in [2.24, 2.45) is 11.5 Å². The molecule has 72 valence electrons. The van der Waals surface area contributed by atoms with Gasteiger partial charge in [0.15, 0.2) is 0 Å². The standard InChI is InChI=1S/C7H11N3O2S/c8-5(6(9)11)1-2-10-3-4-13-7(10)12/h3-5H,1-2,8H2,(H2,9,11). The molecular weight excluding hydrogens is 190 g/mol. The number of hydrogen-bond donors (Lipinski definition) is 2. The van der Waals surface area contributed by atoms with Crippen LogP contribution in [0, 0.1) is 0 Å². The van der Waals surface area contributed by atoms with E-state index in [2.05, 4.69) is 0 Å². The topological polar surface area (TPSA) is 91.1 Å². The second-order valence-corrected chi connectivity index (χ2v) is 3.52.